The van der Waals surface area contributed by atoms with E-state index >= 15 is 0 Å². The van der Waals surface area contributed by atoms with Crippen molar-refractivity contribution in [2.75, 3.05) is 13.1 Å². The summed E-state index contributed by atoms with van der Waals surface area (Å²) in [4.78, 5) is 20.4. The normalized spacial score (nSPS) is 14.9. The van der Waals surface area contributed by atoms with Crippen molar-refractivity contribution in [1.82, 2.24) is 5.32 Å². The second-order valence-corrected chi connectivity index (χ2v) is 4.48. The number of nitrogens with one attached hydrogen (secondary N) is 1. The summed E-state index contributed by atoms with van der Waals surface area (Å²) < 4.78 is 4.55. The minimum absolute atomic E-state index is 0.0757. The molecular formula is C11H18N2O3. The van der Waals surface area contributed by atoms with Crippen LogP contribution in [-0.2, 0) is 14.3 Å². The van der Waals surface area contributed by atoms with Crippen LogP contribution in [0.2, 0.25) is 0 Å². The summed E-state index contributed by atoms with van der Waals surface area (Å²) >= 11 is 0. The van der Waals surface area contributed by atoms with Crippen molar-refractivity contribution in [3.8, 4) is 6.07 Å². The van der Waals surface area contributed by atoms with Crippen molar-refractivity contribution < 1.29 is 14.3 Å². The maximum absolute atomic E-state index is 10.8. The molecular weight excluding hydrogens is 208 g/mol. The summed E-state index contributed by atoms with van der Waals surface area (Å²) in [5.74, 6) is 0.209. The van der Waals surface area contributed by atoms with Gasteiger partial charge in [-0.15, -0.1) is 0 Å². The molecule has 0 aromatic carbocycles. The summed E-state index contributed by atoms with van der Waals surface area (Å²) in [6, 6.07) is 1.84. The van der Waals surface area contributed by atoms with Gasteiger partial charge in [0.05, 0.1) is 12.5 Å². The van der Waals surface area contributed by atoms with Gasteiger partial charge in [0.25, 0.3) is 6.47 Å². The molecule has 0 saturated carbocycles. The van der Waals surface area contributed by atoms with Gasteiger partial charge in [0.2, 0.25) is 0 Å². The Bertz CT molecular complexity index is 272. The fraction of sp³-hybridized carbons (Fsp3) is 0.727. The molecule has 1 aliphatic heterocycles. The van der Waals surface area contributed by atoms with Crippen LogP contribution < -0.4 is 5.32 Å². The molecule has 0 aromatic rings. The fourth-order valence-electron chi connectivity index (χ4n) is 0.883. The summed E-state index contributed by atoms with van der Waals surface area (Å²) in [6.45, 7) is 7.45. The van der Waals surface area contributed by atoms with Crippen LogP contribution in [0.5, 0.6) is 0 Å². The molecule has 5 heteroatoms. The molecule has 0 spiro atoms. The number of rotatable bonds is 3. The lowest BCUT2D eigenvalue weighted by molar-refractivity contribution is -0.138. The molecule has 0 unspecified atom stereocenters. The van der Waals surface area contributed by atoms with E-state index in [1.165, 1.54) is 0 Å². The molecule has 5 nitrogen and oxygen atoms in total. The SMILES string of the molecule is CC(C)(C)OC=O.N#CCC(=O)C1CNC1. The summed E-state index contributed by atoms with van der Waals surface area (Å²) in [5, 5.41) is 11.1. The number of hydrogen-bond donors (Lipinski definition) is 1. The molecule has 0 bridgehead atoms. The zero-order valence-electron chi connectivity index (χ0n) is 9.95. The average Bonchev–Trinajstić information content (AvgIpc) is 1.99. The molecule has 0 aliphatic carbocycles. The van der Waals surface area contributed by atoms with E-state index in [2.05, 4.69) is 10.1 Å². The molecule has 1 saturated heterocycles. The maximum Gasteiger partial charge on any atom is 0.293 e. The van der Waals surface area contributed by atoms with Gasteiger partial charge in [0, 0.05) is 19.0 Å². The number of ether oxygens (including phenoxy) is 1. The second kappa shape index (κ2) is 6.96. The van der Waals surface area contributed by atoms with E-state index in [0.29, 0.717) is 6.47 Å². The lowest BCUT2D eigenvalue weighted by Gasteiger charge is -2.24. The van der Waals surface area contributed by atoms with E-state index in [-0.39, 0.29) is 23.7 Å². The molecule has 0 aromatic heterocycles. The lowest BCUT2D eigenvalue weighted by Crippen LogP contribution is -2.46. The third kappa shape index (κ3) is 6.96. The Balaban J connectivity index is 0.000000293. The van der Waals surface area contributed by atoms with E-state index in [0.717, 1.165) is 13.1 Å². The van der Waals surface area contributed by atoms with E-state index in [9.17, 15) is 9.59 Å². The van der Waals surface area contributed by atoms with Gasteiger partial charge in [-0.2, -0.15) is 5.26 Å². The lowest BCUT2D eigenvalue weighted by atomic mass is 9.96. The molecule has 0 atom stereocenters. The van der Waals surface area contributed by atoms with Crippen molar-refractivity contribution in [1.29, 1.82) is 5.26 Å². The molecule has 0 amide bonds. The molecule has 1 N–H and O–H groups in total. The van der Waals surface area contributed by atoms with Crippen molar-refractivity contribution in [2.45, 2.75) is 32.8 Å². The highest BCUT2D eigenvalue weighted by atomic mass is 16.5. The highest BCUT2D eigenvalue weighted by molar-refractivity contribution is 5.84. The van der Waals surface area contributed by atoms with Crippen LogP contribution >= 0.6 is 0 Å². The Morgan fingerprint density at radius 3 is 2.31 bits per heavy atom. The van der Waals surface area contributed by atoms with Crippen LogP contribution in [-0.4, -0.2) is 30.9 Å². The first kappa shape index (κ1) is 14.6. The van der Waals surface area contributed by atoms with Crippen molar-refractivity contribution in [3.63, 3.8) is 0 Å². The van der Waals surface area contributed by atoms with Crippen molar-refractivity contribution >= 4 is 12.3 Å². The van der Waals surface area contributed by atoms with Crippen molar-refractivity contribution in [3.05, 3.63) is 0 Å². The minimum Gasteiger partial charge on any atom is -0.462 e. The topological polar surface area (TPSA) is 79.2 Å². The number of nitriles is 1. The monoisotopic (exact) mass is 226 g/mol. The predicted octanol–water partition coefficient (Wildman–Crippen LogP) is 0.646. The average molecular weight is 226 g/mol. The Morgan fingerprint density at radius 1 is 1.56 bits per heavy atom. The van der Waals surface area contributed by atoms with Crippen LogP contribution in [0.4, 0.5) is 0 Å². The first-order valence-electron chi connectivity index (χ1n) is 5.12. The first-order valence-corrected chi connectivity index (χ1v) is 5.12. The van der Waals surface area contributed by atoms with Gasteiger partial charge in [-0.25, -0.2) is 0 Å². The molecule has 1 heterocycles. The molecule has 16 heavy (non-hydrogen) atoms. The Kier molecular flexibility index (Phi) is 6.35. The molecule has 90 valence electrons. The van der Waals surface area contributed by atoms with Gasteiger partial charge in [-0.05, 0) is 20.8 Å². The van der Waals surface area contributed by atoms with Gasteiger partial charge >= 0.3 is 0 Å². The highest BCUT2D eigenvalue weighted by Gasteiger charge is 2.23. The van der Waals surface area contributed by atoms with Gasteiger partial charge in [0.15, 0.2) is 5.78 Å². The van der Waals surface area contributed by atoms with Gasteiger partial charge in [0.1, 0.15) is 5.60 Å². The number of hydrogen-bond acceptors (Lipinski definition) is 5. The van der Waals surface area contributed by atoms with E-state index in [1.54, 1.807) is 0 Å². The van der Waals surface area contributed by atoms with E-state index in [4.69, 9.17) is 5.26 Å². The quantitative estimate of drug-likeness (QED) is 0.715. The van der Waals surface area contributed by atoms with Crippen LogP contribution in [0.1, 0.15) is 27.2 Å². The summed E-state index contributed by atoms with van der Waals surface area (Å²) in [5.41, 5.74) is -0.318. The third-order valence-corrected chi connectivity index (χ3v) is 1.89. The second-order valence-electron chi connectivity index (χ2n) is 4.48. The third-order valence-electron chi connectivity index (χ3n) is 1.89. The predicted molar refractivity (Wildman–Crippen MR) is 58.5 cm³/mol. The number of carbonyl (C=O) groups excluding carboxylic acids is 2. The summed E-state index contributed by atoms with van der Waals surface area (Å²) in [7, 11) is 0. The summed E-state index contributed by atoms with van der Waals surface area (Å²) in [6.07, 6.45) is 0.0757. The van der Waals surface area contributed by atoms with Gasteiger partial charge < -0.3 is 10.1 Å². The van der Waals surface area contributed by atoms with E-state index in [1.807, 2.05) is 26.8 Å². The minimum atomic E-state index is -0.318. The van der Waals surface area contributed by atoms with Crippen LogP contribution in [0.3, 0.4) is 0 Å². The highest BCUT2D eigenvalue weighted by Crippen LogP contribution is 2.05. The van der Waals surface area contributed by atoms with Gasteiger partial charge in [-0.1, -0.05) is 0 Å². The van der Waals surface area contributed by atoms with Crippen LogP contribution in [0.15, 0.2) is 0 Å². The molecule has 0 radical (unpaired) electrons. The molecule has 1 rings (SSSR count). The Hall–Kier alpha value is -1.41. The largest absolute Gasteiger partial charge is 0.462 e. The smallest absolute Gasteiger partial charge is 0.293 e. The van der Waals surface area contributed by atoms with Crippen LogP contribution in [0.25, 0.3) is 0 Å². The zero-order chi connectivity index (χ0) is 12.6. The standard InChI is InChI=1S/C6H8N2O.C5H10O2/c7-2-1-6(9)5-3-8-4-5;1-5(2,3)7-4-6/h5,8H,1,3-4H2;4H,1-3H3. The molecule has 1 fully saturated rings. The number of carbonyl (C=O) groups is 2. The Morgan fingerprint density at radius 2 is 2.12 bits per heavy atom. The van der Waals surface area contributed by atoms with Crippen molar-refractivity contribution in [2.24, 2.45) is 5.92 Å². The Labute approximate surface area is 95.8 Å². The molecule has 1 aliphatic rings. The van der Waals surface area contributed by atoms with E-state index < -0.39 is 0 Å². The van der Waals surface area contributed by atoms with Crippen LogP contribution in [0, 0.1) is 17.2 Å². The van der Waals surface area contributed by atoms with Gasteiger partial charge in [-0.3, -0.25) is 9.59 Å². The fourth-order valence-corrected chi connectivity index (χ4v) is 0.883. The maximum atomic E-state index is 10.8. The zero-order valence-corrected chi connectivity index (χ0v) is 9.95. The number of Topliss-reactive ketones (excluding diaryl/α,β-unsaturated/α-hetero) is 1. The number of nitrogens with zero attached hydrogens (tertiary/aromatic N) is 1. The number of ketones is 1. The first-order chi connectivity index (χ1) is 7.40.